The Morgan fingerprint density at radius 2 is 1.43 bits per heavy atom. The van der Waals surface area contributed by atoms with Gasteiger partial charge >= 0.3 is 5.97 Å². The lowest BCUT2D eigenvalue weighted by Gasteiger charge is -2.22. The number of methoxy groups -OCH3 is 1. The van der Waals surface area contributed by atoms with Crippen LogP contribution in [0.1, 0.15) is 45.8 Å². The fourth-order valence-corrected chi connectivity index (χ4v) is 6.02. The van der Waals surface area contributed by atoms with Gasteiger partial charge in [0, 0.05) is 47.8 Å². The molecule has 0 saturated heterocycles. The molecule has 5 rings (SSSR count). The van der Waals surface area contributed by atoms with Gasteiger partial charge in [0.15, 0.2) is 5.78 Å². The number of aromatic nitrogens is 1. The first-order valence-corrected chi connectivity index (χ1v) is 15.3. The quantitative estimate of drug-likeness (QED) is 0.101. The van der Waals surface area contributed by atoms with Gasteiger partial charge in [-0.25, -0.2) is 4.79 Å². The van der Waals surface area contributed by atoms with Crippen molar-refractivity contribution in [2.45, 2.75) is 20.8 Å². The molecule has 0 atom stereocenters. The standard InChI is InChI=1S/C19H17Cl4NO4.C15H13N/c1-4-24(5-2)9-6-7-10(11(8-9)28-3)18(25)12-13(19(26)27)15(21)17(23)16(22)14(12)20;1-12-15(13-7-3-2-4-8-13)11-14-9-5-6-10-16(12)14/h6-8H,4-5H2,1-3H3,(H,26,27);2-11H,1H3. The molecule has 44 heavy (non-hydrogen) atoms. The molecule has 0 unspecified atom stereocenters. The predicted molar refractivity (Wildman–Crippen MR) is 181 cm³/mol. The van der Waals surface area contributed by atoms with E-state index in [1.54, 1.807) is 18.2 Å². The van der Waals surface area contributed by atoms with Crippen LogP contribution in [0, 0.1) is 6.92 Å². The smallest absolute Gasteiger partial charge is 0.338 e. The van der Waals surface area contributed by atoms with Crippen molar-refractivity contribution in [2.75, 3.05) is 25.1 Å². The summed E-state index contributed by atoms with van der Waals surface area (Å²) in [5.41, 5.74) is 5.26. The Morgan fingerprint density at radius 1 is 0.818 bits per heavy atom. The summed E-state index contributed by atoms with van der Waals surface area (Å²) >= 11 is 24.2. The molecule has 2 heterocycles. The molecule has 0 fully saturated rings. The van der Waals surface area contributed by atoms with Crippen molar-refractivity contribution in [1.82, 2.24) is 4.40 Å². The zero-order valence-electron chi connectivity index (χ0n) is 24.5. The normalized spacial score (nSPS) is 10.7. The Kier molecular flexibility index (Phi) is 10.9. The number of nitrogens with zero attached hydrogens (tertiary/aromatic N) is 2. The molecule has 10 heteroatoms. The van der Waals surface area contributed by atoms with Gasteiger partial charge in [0.2, 0.25) is 0 Å². The van der Waals surface area contributed by atoms with Crippen molar-refractivity contribution < 1.29 is 19.4 Å². The Bertz CT molecular complexity index is 1830. The lowest BCUT2D eigenvalue weighted by atomic mass is 9.97. The maximum atomic E-state index is 13.2. The topological polar surface area (TPSA) is 71.2 Å². The van der Waals surface area contributed by atoms with E-state index in [1.165, 1.54) is 29.4 Å². The molecule has 1 N–H and O–H groups in total. The molecule has 0 amide bonds. The molecule has 3 aromatic carbocycles. The Balaban J connectivity index is 0.000000231. The molecule has 0 aliphatic heterocycles. The van der Waals surface area contributed by atoms with E-state index in [2.05, 4.69) is 77.0 Å². The minimum absolute atomic E-state index is 0.122. The van der Waals surface area contributed by atoms with E-state index >= 15 is 0 Å². The van der Waals surface area contributed by atoms with Gasteiger partial charge in [-0.1, -0.05) is 82.8 Å². The van der Waals surface area contributed by atoms with Crippen molar-refractivity contribution in [2.24, 2.45) is 0 Å². The number of carboxylic acids is 1. The minimum atomic E-state index is -1.45. The molecule has 5 aromatic rings. The average molecular weight is 672 g/mol. The summed E-state index contributed by atoms with van der Waals surface area (Å²) in [6.07, 6.45) is 2.11. The van der Waals surface area contributed by atoms with Crippen LogP contribution in [0.5, 0.6) is 5.75 Å². The number of fused-ring (bicyclic) bond motifs is 1. The molecular weight excluding hydrogens is 642 g/mol. The zero-order valence-corrected chi connectivity index (χ0v) is 27.5. The third kappa shape index (κ3) is 6.54. The molecule has 0 aliphatic rings. The van der Waals surface area contributed by atoms with Crippen LogP contribution < -0.4 is 9.64 Å². The van der Waals surface area contributed by atoms with E-state index in [0.29, 0.717) is 0 Å². The summed E-state index contributed by atoms with van der Waals surface area (Å²) in [7, 11) is 1.42. The number of halogens is 4. The van der Waals surface area contributed by atoms with Gasteiger partial charge < -0.3 is 19.1 Å². The second kappa shape index (κ2) is 14.4. The van der Waals surface area contributed by atoms with Crippen LogP contribution in [0.25, 0.3) is 16.6 Å². The van der Waals surface area contributed by atoms with Gasteiger partial charge in [-0.2, -0.15) is 0 Å². The van der Waals surface area contributed by atoms with Crippen LogP contribution in [0.4, 0.5) is 5.69 Å². The fourth-order valence-electron chi connectivity index (χ4n) is 5.00. The fraction of sp³-hybridized carbons (Fsp3) is 0.176. The minimum Gasteiger partial charge on any atom is -0.496 e. The first-order chi connectivity index (χ1) is 21.0. The van der Waals surface area contributed by atoms with Gasteiger partial charge in [-0.15, -0.1) is 0 Å². The van der Waals surface area contributed by atoms with Crippen molar-refractivity contribution in [3.05, 3.63) is 121 Å². The van der Waals surface area contributed by atoms with Gasteiger partial charge in [0.05, 0.1) is 43.9 Å². The predicted octanol–water partition coefficient (Wildman–Crippen LogP) is 10.00. The number of pyridine rings is 1. The lowest BCUT2D eigenvalue weighted by Crippen LogP contribution is -2.22. The number of aryl methyl sites for hydroxylation is 1. The van der Waals surface area contributed by atoms with Crippen molar-refractivity contribution in [3.8, 4) is 16.9 Å². The maximum Gasteiger partial charge on any atom is 0.338 e. The maximum absolute atomic E-state index is 13.2. The third-order valence-electron chi connectivity index (χ3n) is 7.29. The van der Waals surface area contributed by atoms with Crippen LogP contribution in [-0.4, -0.2) is 41.5 Å². The van der Waals surface area contributed by atoms with Crippen LogP contribution >= 0.6 is 46.4 Å². The molecule has 0 bridgehead atoms. The largest absolute Gasteiger partial charge is 0.496 e. The van der Waals surface area contributed by atoms with E-state index in [0.717, 1.165) is 18.8 Å². The summed E-state index contributed by atoms with van der Waals surface area (Å²) in [6.45, 7) is 7.71. The first kappa shape index (κ1) is 33.2. The molecule has 0 radical (unpaired) electrons. The monoisotopic (exact) mass is 670 g/mol. The second-order valence-corrected chi connectivity index (χ2v) is 11.2. The first-order valence-electron chi connectivity index (χ1n) is 13.7. The van der Waals surface area contributed by atoms with Crippen LogP contribution in [-0.2, 0) is 0 Å². The average Bonchev–Trinajstić information content (AvgIpc) is 3.38. The summed E-state index contributed by atoms with van der Waals surface area (Å²) in [6, 6.07) is 24.0. The number of rotatable bonds is 8. The SMILES string of the molecule is CCN(CC)c1ccc(C(=O)c2c(Cl)c(Cl)c(Cl)c(Cl)c2C(=O)O)c(OC)c1.Cc1c(-c2ccccc2)cc2ccccn12. The highest BCUT2D eigenvalue weighted by molar-refractivity contribution is 6.54. The lowest BCUT2D eigenvalue weighted by molar-refractivity contribution is 0.0693. The van der Waals surface area contributed by atoms with Gasteiger partial charge in [0.1, 0.15) is 5.75 Å². The highest BCUT2D eigenvalue weighted by Crippen LogP contribution is 2.43. The summed E-state index contributed by atoms with van der Waals surface area (Å²) in [5.74, 6) is -1.87. The number of ketones is 1. The molecule has 6 nitrogen and oxygen atoms in total. The Hall–Kier alpha value is -3.68. The van der Waals surface area contributed by atoms with Crippen molar-refractivity contribution >= 4 is 69.4 Å². The number of carboxylic acid groups (broad SMARTS) is 1. The van der Waals surface area contributed by atoms with E-state index in [-0.39, 0.29) is 37.0 Å². The van der Waals surface area contributed by atoms with Gasteiger partial charge in [-0.05, 0) is 56.7 Å². The highest BCUT2D eigenvalue weighted by atomic mass is 35.5. The van der Waals surface area contributed by atoms with Gasteiger partial charge in [-0.3, -0.25) is 4.79 Å². The number of anilines is 1. The van der Waals surface area contributed by atoms with Crippen molar-refractivity contribution in [3.63, 3.8) is 0 Å². The summed E-state index contributed by atoms with van der Waals surface area (Å²) in [5, 5.41) is 8.49. The number of carbonyl (C=O) groups excluding carboxylic acids is 1. The Labute approximate surface area is 276 Å². The molecule has 0 aliphatic carbocycles. The number of hydrogen-bond acceptors (Lipinski definition) is 4. The van der Waals surface area contributed by atoms with E-state index in [1.807, 2.05) is 13.8 Å². The molecule has 228 valence electrons. The second-order valence-electron chi connectivity index (χ2n) is 9.70. The number of aromatic carboxylic acids is 1. The van der Waals surface area contributed by atoms with E-state index < -0.39 is 17.3 Å². The number of benzene rings is 3. The number of hydrogen-bond donors (Lipinski definition) is 1. The molecule has 0 spiro atoms. The van der Waals surface area contributed by atoms with Gasteiger partial charge in [0.25, 0.3) is 0 Å². The van der Waals surface area contributed by atoms with Crippen LogP contribution in [0.3, 0.4) is 0 Å². The number of ether oxygens (including phenoxy) is 1. The number of carbonyl (C=O) groups is 2. The Morgan fingerprint density at radius 3 is 2.00 bits per heavy atom. The van der Waals surface area contributed by atoms with Crippen molar-refractivity contribution in [1.29, 1.82) is 0 Å². The van der Waals surface area contributed by atoms with Crippen LogP contribution in [0.15, 0.2) is 79.0 Å². The highest BCUT2D eigenvalue weighted by Gasteiger charge is 2.30. The summed E-state index contributed by atoms with van der Waals surface area (Å²) < 4.78 is 7.59. The summed E-state index contributed by atoms with van der Waals surface area (Å²) in [4.78, 5) is 27.0. The molecule has 2 aromatic heterocycles. The van der Waals surface area contributed by atoms with Crippen LogP contribution in [0.2, 0.25) is 20.1 Å². The van der Waals surface area contributed by atoms with E-state index in [9.17, 15) is 14.7 Å². The molecular formula is C34H30Cl4N2O4. The van der Waals surface area contributed by atoms with E-state index in [4.69, 9.17) is 51.1 Å². The third-order valence-corrected chi connectivity index (χ3v) is 9.09. The molecule has 0 saturated carbocycles. The zero-order chi connectivity index (χ0) is 32.1.